The fraction of sp³-hybridized carbons (Fsp3) is 0.533. The van der Waals surface area contributed by atoms with Crippen molar-refractivity contribution in [2.24, 2.45) is 5.73 Å². The lowest BCUT2D eigenvalue weighted by Crippen LogP contribution is -2.33. The number of ether oxygens (including phenoxy) is 1. The SMILES string of the molecule is CC(C)(C)OC(=O)NCCCC(N)c1ccc(Cl)cc1. The van der Waals surface area contributed by atoms with E-state index in [0.717, 1.165) is 18.4 Å². The summed E-state index contributed by atoms with van der Waals surface area (Å²) in [6.45, 7) is 6.06. The van der Waals surface area contributed by atoms with Gasteiger partial charge in [0, 0.05) is 17.6 Å². The predicted octanol–water partition coefficient (Wildman–Crippen LogP) is 3.64. The molecule has 0 aliphatic heterocycles. The van der Waals surface area contributed by atoms with E-state index >= 15 is 0 Å². The van der Waals surface area contributed by atoms with Crippen LogP contribution in [0.3, 0.4) is 0 Å². The molecule has 0 fully saturated rings. The van der Waals surface area contributed by atoms with E-state index in [9.17, 15) is 4.79 Å². The number of carbonyl (C=O) groups is 1. The molecule has 20 heavy (non-hydrogen) atoms. The number of hydrogen-bond donors (Lipinski definition) is 2. The zero-order valence-corrected chi connectivity index (χ0v) is 13.0. The largest absolute Gasteiger partial charge is 0.444 e. The van der Waals surface area contributed by atoms with Crippen molar-refractivity contribution >= 4 is 17.7 Å². The molecule has 0 aliphatic carbocycles. The van der Waals surface area contributed by atoms with Gasteiger partial charge in [0.05, 0.1) is 0 Å². The molecule has 1 aromatic carbocycles. The summed E-state index contributed by atoms with van der Waals surface area (Å²) in [5, 5.41) is 3.42. The van der Waals surface area contributed by atoms with Gasteiger partial charge >= 0.3 is 6.09 Å². The third-order valence-electron chi connectivity index (χ3n) is 2.66. The highest BCUT2D eigenvalue weighted by molar-refractivity contribution is 6.30. The van der Waals surface area contributed by atoms with Gasteiger partial charge in [-0.1, -0.05) is 23.7 Å². The summed E-state index contributed by atoms with van der Waals surface area (Å²) in [5.74, 6) is 0. The number of alkyl carbamates (subject to hydrolysis) is 1. The highest BCUT2D eigenvalue weighted by Gasteiger charge is 2.15. The van der Waals surface area contributed by atoms with Gasteiger partial charge in [0.2, 0.25) is 0 Å². The number of benzene rings is 1. The summed E-state index contributed by atoms with van der Waals surface area (Å²) in [6.07, 6.45) is 1.19. The van der Waals surface area contributed by atoms with Crippen molar-refractivity contribution in [3.63, 3.8) is 0 Å². The van der Waals surface area contributed by atoms with Crippen molar-refractivity contribution in [2.45, 2.75) is 45.3 Å². The second kappa shape index (κ2) is 7.50. The Labute approximate surface area is 125 Å². The lowest BCUT2D eigenvalue weighted by atomic mass is 10.0. The standard InChI is InChI=1S/C15H23ClN2O2/c1-15(2,3)20-14(19)18-10-4-5-13(17)11-6-8-12(16)9-7-11/h6-9,13H,4-5,10,17H2,1-3H3,(H,18,19). The van der Waals surface area contributed by atoms with Crippen LogP contribution < -0.4 is 11.1 Å². The first-order chi connectivity index (χ1) is 9.28. The van der Waals surface area contributed by atoms with E-state index in [4.69, 9.17) is 22.1 Å². The van der Waals surface area contributed by atoms with Crippen molar-refractivity contribution in [1.82, 2.24) is 5.32 Å². The van der Waals surface area contributed by atoms with Crippen LogP contribution in [-0.4, -0.2) is 18.2 Å². The number of hydrogen-bond acceptors (Lipinski definition) is 3. The van der Waals surface area contributed by atoms with Gasteiger partial charge in [-0.3, -0.25) is 0 Å². The molecule has 4 nitrogen and oxygen atoms in total. The molecule has 3 N–H and O–H groups in total. The Kier molecular flexibility index (Phi) is 6.30. The average molecular weight is 299 g/mol. The first kappa shape index (κ1) is 16.8. The van der Waals surface area contributed by atoms with Gasteiger partial charge in [0.25, 0.3) is 0 Å². The molecular weight excluding hydrogens is 276 g/mol. The number of carbonyl (C=O) groups excluding carboxylic acids is 1. The number of nitrogens with two attached hydrogens (primary N) is 1. The molecule has 1 amide bonds. The zero-order chi connectivity index (χ0) is 15.2. The maximum atomic E-state index is 11.4. The second-order valence-electron chi connectivity index (χ2n) is 5.73. The summed E-state index contributed by atoms with van der Waals surface area (Å²) in [4.78, 5) is 11.4. The Morgan fingerprint density at radius 3 is 2.50 bits per heavy atom. The molecule has 5 heteroatoms. The molecule has 0 saturated carbocycles. The summed E-state index contributed by atoms with van der Waals surface area (Å²) < 4.78 is 5.15. The third kappa shape index (κ3) is 6.78. The molecule has 0 spiro atoms. The van der Waals surface area contributed by atoms with E-state index < -0.39 is 11.7 Å². The van der Waals surface area contributed by atoms with E-state index in [2.05, 4.69) is 5.32 Å². The van der Waals surface area contributed by atoms with Crippen LogP contribution in [0, 0.1) is 0 Å². The van der Waals surface area contributed by atoms with Crippen LogP contribution in [0.25, 0.3) is 0 Å². The number of halogens is 1. The summed E-state index contributed by atoms with van der Waals surface area (Å²) >= 11 is 5.83. The highest BCUT2D eigenvalue weighted by atomic mass is 35.5. The fourth-order valence-corrected chi connectivity index (χ4v) is 1.83. The van der Waals surface area contributed by atoms with Crippen molar-refractivity contribution in [3.05, 3.63) is 34.9 Å². The molecule has 0 saturated heterocycles. The van der Waals surface area contributed by atoms with Crippen molar-refractivity contribution in [1.29, 1.82) is 0 Å². The Hall–Kier alpha value is -1.26. The molecule has 1 aromatic rings. The van der Waals surface area contributed by atoms with E-state index in [-0.39, 0.29) is 6.04 Å². The number of rotatable bonds is 5. The van der Waals surface area contributed by atoms with Gasteiger partial charge in [0.15, 0.2) is 0 Å². The maximum Gasteiger partial charge on any atom is 0.407 e. The quantitative estimate of drug-likeness (QED) is 0.816. The van der Waals surface area contributed by atoms with Gasteiger partial charge in [-0.25, -0.2) is 4.79 Å². The van der Waals surface area contributed by atoms with Crippen LogP contribution in [0.1, 0.15) is 45.2 Å². The molecular formula is C15H23ClN2O2. The number of amides is 1. The van der Waals surface area contributed by atoms with Crippen molar-refractivity contribution < 1.29 is 9.53 Å². The Morgan fingerprint density at radius 1 is 1.35 bits per heavy atom. The second-order valence-corrected chi connectivity index (χ2v) is 6.17. The minimum Gasteiger partial charge on any atom is -0.444 e. The fourth-order valence-electron chi connectivity index (χ4n) is 1.70. The molecule has 0 bridgehead atoms. The molecule has 112 valence electrons. The molecule has 1 rings (SSSR count). The summed E-state index contributed by atoms with van der Waals surface area (Å²) in [5.41, 5.74) is 6.66. The number of nitrogens with one attached hydrogen (secondary N) is 1. The molecule has 0 aromatic heterocycles. The smallest absolute Gasteiger partial charge is 0.407 e. The van der Waals surface area contributed by atoms with E-state index in [1.54, 1.807) is 0 Å². The Balaban J connectivity index is 2.24. The predicted molar refractivity (Wildman–Crippen MR) is 81.9 cm³/mol. The topological polar surface area (TPSA) is 64.3 Å². The molecule has 0 radical (unpaired) electrons. The van der Waals surface area contributed by atoms with Crippen LogP contribution >= 0.6 is 11.6 Å². The van der Waals surface area contributed by atoms with Crippen molar-refractivity contribution in [3.8, 4) is 0 Å². The normalized spacial score (nSPS) is 12.8. The Bertz CT molecular complexity index is 426. The Morgan fingerprint density at radius 2 is 1.95 bits per heavy atom. The monoisotopic (exact) mass is 298 g/mol. The van der Waals surface area contributed by atoms with Crippen LogP contribution in [-0.2, 0) is 4.74 Å². The maximum absolute atomic E-state index is 11.4. The van der Waals surface area contributed by atoms with E-state index in [0.29, 0.717) is 11.6 Å². The lowest BCUT2D eigenvalue weighted by molar-refractivity contribution is 0.0526. The minimum atomic E-state index is -0.468. The van der Waals surface area contributed by atoms with Gasteiger partial charge in [-0.15, -0.1) is 0 Å². The van der Waals surface area contributed by atoms with E-state index in [1.165, 1.54) is 0 Å². The average Bonchev–Trinajstić information content (AvgIpc) is 2.33. The first-order valence-corrected chi connectivity index (χ1v) is 7.13. The molecule has 0 aliphatic rings. The van der Waals surface area contributed by atoms with Gasteiger partial charge < -0.3 is 15.8 Å². The highest BCUT2D eigenvalue weighted by Crippen LogP contribution is 2.18. The zero-order valence-electron chi connectivity index (χ0n) is 12.3. The van der Waals surface area contributed by atoms with E-state index in [1.807, 2.05) is 45.0 Å². The molecule has 1 atom stereocenters. The first-order valence-electron chi connectivity index (χ1n) is 6.76. The van der Waals surface area contributed by atoms with Gasteiger partial charge in [-0.2, -0.15) is 0 Å². The molecule has 1 unspecified atom stereocenters. The lowest BCUT2D eigenvalue weighted by Gasteiger charge is -2.20. The van der Waals surface area contributed by atoms with Gasteiger partial charge in [-0.05, 0) is 51.3 Å². The molecule has 0 heterocycles. The third-order valence-corrected chi connectivity index (χ3v) is 2.91. The van der Waals surface area contributed by atoms with Crippen LogP contribution in [0.2, 0.25) is 5.02 Å². The van der Waals surface area contributed by atoms with Crippen molar-refractivity contribution in [2.75, 3.05) is 6.54 Å². The van der Waals surface area contributed by atoms with Crippen LogP contribution in [0.4, 0.5) is 4.79 Å². The summed E-state index contributed by atoms with van der Waals surface area (Å²) in [6, 6.07) is 7.46. The van der Waals surface area contributed by atoms with Gasteiger partial charge in [0.1, 0.15) is 5.60 Å². The van der Waals surface area contributed by atoms with Crippen LogP contribution in [0.5, 0.6) is 0 Å². The minimum absolute atomic E-state index is 0.0484. The van der Waals surface area contributed by atoms with Crippen LogP contribution in [0.15, 0.2) is 24.3 Å². The summed E-state index contributed by atoms with van der Waals surface area (Å²) in [7, 11) is 0.